The maximum Gasteiger partial charge on any atom is 0.337 e. The van der Waals surface area contributed by atoms with Gasteiger partial charge in [-0.25, -0.2) is 13.2 Å². The molecule has 3 rings (SSSR count). The van der Waals surface area contributed by atoms with Crippen molar-refractivity contribution in [3.63, 3.8) is 0 Å². The summed E-state index contributed by atoms with van der Waals surface area (Å²) in [5, 5.41) is 0. The van der Waals surface area contributed by atoms with Crippen LogP contribution in [0.2, 0.25) is 0 Å². The van der Waals surface area contributed by atoms with Crippen LogP contribution in [0, 0.1) is 0 Å². The van der Waals surface area contributed by atoms with Gasteiger partial charge in [-0.3, -0.25) is 4.72 Å². The highest BCUT2D eigenvalue weighted by atomic mass is 32.2. The lowest BCUT2D eigenvalue weighted by molar-refractivity contribution is 0.0600. The van der Waals surface area contributed by atoms with Gasteiger partial charge in [0.05, 0.1) is 23.3 Å². The summed E-state index contributed by atoms with van der Waals surface area (Å²) < 4.78 is 32.7. The molecule has 27 heavy (non-hydrogen) atoms. The van der Waals surface area contributed by atoms with E-state index in [1.165, 1.54) is 31.4 Å². The highest BCUT2D eigenvalue weighted by molar-refractivity contribution is 7.92. The van der Waals surface area contributed by atoms with Gasteiger partial charge in [-0.2, -0.15) is 0 Å². The number of esters is 1. The predicted molar refractivity (Wildman–Crippen MR) is 104 cm³/mol. The van der Waals surface area contributed by atoms with Crippen LogP contribution in [0.1, 0.15) is 21.5 Å². The van der Waals surface area contributed by atoms with Crippen LogP contribution in [0.5, 0.6) is 0 Å². The number of hydrogen-bond acceptors (Lipinski definition) is 4. The molecular weight excluding hydrogens is 362 g/mol. The molecule has 0 saturated carbocycles. The molecule has 0 aromatic heterocycles. The summed E-state index contributed by atoms with van der Waals surface area (Å²) in [4.78, 5) is 11.6. The standard InChI is InChI=1S/C21H19NO4S/c1-26-21(23)17-11-13-19(14-12-17)27(24,25)22-20-10-6-5-9-18(20)15-16-7-3-2-4-8-16/h2-14,22H,15H2,1H3. The van der Waals surface area contributed by atoms with E-state index in [4.69, 9.17) is 0 Å². The Labute approximate surface area is 158 Å². The first-order valence-corrected chi connectivity index (χ1v) is 9.81. The van der Waals surface area contributed by atoms with Crippen LogP contribution in [0.15, 0.2) is 83.8 Å². The molecule has 0 bridgehead atoms. The number of benzene rings is 3. The molecule has 3 aromatic rings. The van der Waals surface area contributed by atoms with Gasteiger partial charge in [0, 0.05) is 0 Å². The number of nitrogens with one attached hydrogen (secondary N) is 1. The molecule has 3 aromatic carbocycles. The summed E-state index contributed by atoms with van der Waals surface area (Å²) in [5.41, 5.74) is 2.78. The van der Waals surface area contributed by atoms with Gasteiger partial charge in [-0.05, 0) is 47.9 Å². The molecule has 0 aliphatic heterocycles. The monoisotopic (exact) mass is 381 g/mol. The van der Waals surface area contributed by atoms with Gasteiger partial charge in [-0.1, -0.05) is 48.5 Å². The molecule has 0 heterocycles. The third-order valence-electron chi connectivity index (χ3n) is 4.08. The second-order valence-electron chi connectivity index (χ2n) is 5.94. The van der Waals surface area contributed by atoms with E-state index in [1.54, 1.807) is 12.1 Å². The summed E-state index contributed by atoms with van der Waals surface area (Å²) in [5.74, 6) is -0.514. The summed E-state index contributed by atoms with van der Waals surface area (Å²) >= 11 is 0. The summed E-state index contributed by atoms with van der Waals surface area (Å²) in [6.07, 6.45) is 0.612. The van der Waals surface area contributed by atoms with Crippen molar-refractivity contribution in [1.82, 2.24) is 0 Å². The zero-order valence-corrected chi connectivity index (χ0v) is 15.6. The Morgan fingerprint density at radius 2 is 1.52 bits per heavy atom. The third-order valence-corrected chi connectivity index (χ3v) is 5.47. The lowest BCUT2D eigenvalue weighted by atomic mass is 10.0. The fourth-order valence-electron chi connectivity index (χ4n) is 2.68. The highest BCUT2D eigenvalue weighted by Crippen LogP contribution is 2.23. The molecule has 0 saturated heterocycles. The van der Waals surface area contributed by atoms with Gasteiger partial charge >= 0.3 is 5.97 Å². The van der Waals surface area contributed by atoms with E-state index in [2.05, 4.69) is 9.46 Å². The minimum Gasteiger partial charge on any atom is -0.465 e. The van der Waals surface area contributed by atoms with Gasteiger partial charge in [0.15, 0.2) is 0 Å². The molecule has 0 radical (unpaired) electrons. The second kappa shape index (κ2) is 8.05. The van der Waals surface area contributed by atoms with Crippen molar-refractivity contribution in [2.24, 2.45) is 0 Å². The first-order valence-electron chi connectivity index (χ1n) is 8.32. The maximum absolute atomic E-state index is 12.7. The van der Waals surface area contributed by atoms with Crippen molar-refractivity contribution in [1.29, 1.82) is 0 Å². The van der Waals surface area contributed by atoms with Crippen molar-refractivity contribution in [2.75, 3.05) is 11.8 Å². The fourth-order valence-corrected chi connectivity index (χ4v) is 3.78. The van der Waals surface area contributed by atoms with E-state index in [-0.39, 0.29) is 4.90 Å². The van der Waals surface area contributed by atoms with Crippen LogP contribution in [-0.2, 0) is 21.2 Å². The van der Waals surface area contributed by atoms with Crippen molar-refractivity contribution < 1.29 is 17.9 Å². The van der Waals surface area contributed by atoms with Gasteiger partial charge in [0.1, 0.15) is 0 Å². The van der Waals surface area contributed by atoms with E-state index in [1.807, 2.05) is 42.5 Å². The van der Waals surface area contributed by atoms with E-state index in [0.717, 1.165) is 11.1 Å². The highest BCUT2D eigenvalue weighted by Gasteiger charge is 2.17. The Bertz CT molecular complexity index is 1030. The number of para-hydroxylation sites is 1. The van der Waals surface area contributed by atoms with Crippen LogP contribution in [0.3, 0.4) is 0 Å². The smallest absolute Gasteiger partial charge is 0.337 e. The minimum absolute atomic E-state index is 0.0738. The number of hydrogen-bond donors (Lipinski definition) is 1. The summed E-state index contributed by atoms with van der Waals surface area (Å²) in [7, 11) is -2.50. The minimum atomic E-state index is -3.78. The molecule has 0 unspecified atom stereocenters. The van der Waals surface area contributed by atoms with Crippen LogP contribution in [0.25, 0.3) is 0 Å². The number of ether oxygens (including phenoxy) is 1. The Kier molecular flexibility index (Phi) is 5.57. The maximum atomic E-state index is 12.7. The van der Waals surface area contributed by atoms with Crippen LogP contribution in [-0.4, -0.2) is 21.5 Å². The lowest BCUT2D eigenvalue weighted by Crippen LogP contribution is -2.14. The first-order chi connectivity index (χ1) is 13.0. The number of anilines is 1. The molecule has 0 atom stereocenters. The van der Waals surface area contributed by atoms with E-state index in [0.29, 0.717) is 17.7 Å². The topological polar surface area (TPSA) is 72.5 Å². The van der Waals surface area contributed by atoms with Gasteiger partial charge in [0.2, 0.25) is 0 Å². The fraction of sp³-hybridized carbons (Fsp3) is 0.0952. The van der Waals surface area contributed by atoms with Crippen molar-refractivity contribution in [2.45, 2.75) is 11.3 Å². The number of methoxy groups -OCH3 is 1. The largest absolute Gasteiger partial charge is 0.465 e. The third kappa shape index (κ3) is 4.54. The Morgan fingerprint density at radius 1 is 0.889 bits per heavy atom. The van der Waals surface area contributed by atoms with E-state index >= 15 is 0 Å². The van der Waals surface area contributed by atoms with Gasteiger partial charge in [-0.15, -0.1) is 0 Å². The number of carbonyl (C=O) groups excluding carboxylic acids is 1. The molecule has 0 spiro atoms. The van der Waals surface area contributed by atoms with Gasteiger partial charge in [0.25, 0.3) is 10.0 Å². The van der Waals surface area contributed by atoms with Gasteiger partial charge < -0.3 is 4.74 Å². The molecule has 0 aliphatic carbocycles. The normalized spacial score (nSPS) is 11.0. The Morgan fingerprint density at radius 3 is 2.19 bits per heavy atom. The summed E-state index contributed by atoms with van der Waals surface area (Å²) in [6, 6.07) is 22.7. The molecule has 0 fully saturated rings. The average Bonchev–Trinajstić information content (AvgIpc) is 2.69. The quantitative estimate of drug-likeness (QED) is 0.658. The van der Waals surface area contributed by atoms with Crippen molar-refractivity contribution in [3.8, 4) is 0 Å². The molecular formula is C21H19NO4S. The second-order valence-corrected chi connectivity index (χ2v) is 7.62. The molecule has 0 aliphatic rings. The Hall–Kier alpha value is -3.12. The number of rotatable bonds is 6. The summed E-state index contributed by atoms with van der Waals surface area (Å²) in [6.45, 7) is 0. The molecule has 6 heteroatoms. The van der Waals surface area contributed by atoms with Crippen LogP contribution < -0.4 is 4.72 Å². The molecule has 0 amide bonds. The SMILES string of the molecule is COC(=O)c1ccc(S(=O)(=O)Nc2ccccc2Cc2ccccc2)cc1. The molecule has 138 valence electrons. The van der Waals surface area contributed by atoms with Crippen molar-refractivity contribution in [3.05, 3.63) is 95.6 Å². The van der Waals surface area contributed by atoms with E-state index in [9.17, 15) is 13.2 Å². The lowest BCUT2D eigenvalue weighted by Gasteiger charge is -2.13. The zero-order chi connectivity index (χ0) is 19.3. The van der Waals surface area contributed by atoms with Crippen LogP contribution in [0.4, 0.5) is 5.69 Å². The average molecular weight is 381 g/mol. The molecule has 5 nitrogen and oxygen atoms in total. The van der Waals surface area contributed by atoms with Crippen LogP contribution >= 0.6 is 0 Å². The van der Waals surface area contributed by atoms with Crippen molar-refractivity contribution >= 4 is 21.7 Å². The Balaban J connectivity index is 1.85. The number of sulfonamides is 1. The zero-order valence-electron chi connectivity index (χ0n) is 14.8. The predicted octanol–water partition coefficient (Wildman–Crippen LogP) is 3.86. The van der Waals surface area contributed by atoms with E-state index < -0.39 is 16.0 Å². The molecule has 1 N–H and O–H groups in total. The number of carbonyl (C=O) groups is 1. The first kappa shape index (κ1) is 18.7.